The zero-order valence-corrected chi connectivity index (χ0v) is 20.8. The quantitative estimate of drug-likeness (QED) is 0.463. The molecule has 1 saturated carbocycles. The molecule has 2 fully saturated rings. The van der Waals surface area contributed by atoms with Gasteiger partial charge in [-0.2, -0.15) is 0 Å². The zero-order valence-electron chi connectivity index (χ0n) is 20.0. The van der Waals surface area contributed by atoms with E-state index < -0.39 is 6.10 Å². The number of aliphatic hydroxyl groups excluding tert-OH is 2. The van der Waals surface area contributed by atoms with E-state index in [2.05, 4.69) is 18.2 Å². The lowest BCUT2D eigenvalue weighted by Gasteiger charge is -2.32. The minimum atomic E-state index is -0.473. The molecule has 2 aromatic rings. The first-order chi connectivity index (χ1) is 16.5. The maximum absolute atomic E-state index is 10.2. The van der Waals surface area contributed by atoms with Gasteiger partial charge in [0.25, 0.3) is 0 Å². The van der Waals surface area contributed by atoms with E-state index in [-0.39, 0.29) is 24.2 Å². The Bertz CT molecular complexity index is 910. The first-order valence-electron chi connectivity index (χ1n) is 12.5. The van der Waals surface area contributed by atoms with Crippen molar-refractivity contribution in [2.45, 2.75) is 70.2 Å². The van der Waals surface area contributed by atoms with Crippen LogP contribution in [0.25, 0.3) is 0 Å². The topological polar surface area (TPSA) is 68.2 Å². The molecule has 1 aliphatic carbocycles. The van der Waals surface area contributed by atoms with Gasteiger partial charge in [0.1, 0.15) is 5.75 Å². The molecule has 3 atom stereocenters. The minimum absolute atomic E-state index is 0.0881. The molecule has 0 spiro atoms. The third kappa shape index (κ3) is 6.52. The Hall–Kier alpha value is -1.63. The van der Waals surface area contributed by atoms with Crippen molar-refractivity contribution in [3.63, 3.8) is 0 Å². The maximum atomic E-state index is 10.2. The molecule has 0 unspecified atom stereocenters. The second-order valence-electron chi connectivity index (χ2n) is 9.86. The van der Waals surface area contributed by atoms with Gasteiger partial charge in [-0.05, 0) is 61.1 Å². The number of aliphatic hydroxyl groups is 2. The highest BCUT2D eigenvalue weighted by Gasteiger charge is 2.35. The maximum Gasteiger partial charge on any atom is 0.119 e. The van der Waals surface area contributed by atoms with Crippen LogP contribution in [0.5, 0.6) is 5.75 Å². The Morgan fingerprint density at radius 3 is 2.53 bits per heavy atom. The second kappa shape index (κ2) is 11.9. The van der Waals surface area contributed by atoms with Crippen molar-refractivity contribution in [3.8, 4) is 5.75 Å². The van der Waals surface area contributed by atoms with Crippen molar-refractivity contribution in [1.29, 1.82) is 0 Å². The van der Waals surface area contributed by atoms with Crippen molar-refractivity contribution >= 4 is 11.6 Å². The summed E-state index contributed by atoms with van der Waals surface area (Å²) in [5.41, 5.74) is 3.28. The first-order valence-corrected chi connectivity index (χ1v) is 12.9. The fraction of sp³-hybridized carbons (Fsp3) is 0.571. The smallest absolute Gasteiger partial charge is 0.119 e. The van der Waals surface area contributed by atoms with Gasteiger partial charge in [0, 0.05) is 29.9 Å². The molecule has 0 bridgehead atoms. The summed E-state index contributed by atoms with van der Waals surface area (Å²) in [6, 6.07) is 14.1. The van der Waals surface area contributed by atoms with E-state index in [9.17, 15) is 10.2 Å². The summed E-state index contributed by atoms with van der Waals surface area (Å²) < 4.78 is 17.9. The second-order valence-corrected chi connectivity index (χ2v) is 10.3. The minimum Gasteiger partial charge on any atom is -0.493 e. The fourth-order valence-electron chi connectivity index (χ4n) is 5.19. The van der Waals surface area contributed by atoms with E-state index in [0.29, 0.717) is 30.9 Å². The molecular formula is C28H37ClO5. The zero-order chi connectivity index (χ0) is 24.0. The third-order valence-corrected chi connectivity index (χ3v) is 7.53. The number of benzene rings is 2. The van der Waals surface area contributed by atoms with Gasteiger partial charge in [0.2, 0.25) is 0 Å². The van der Waals surface area contributed by atoms with Gasteiger partial charge in [0.05, 0.1) is 38.1 Å². The van der Waals surface area contributed by atoms with E-state index in [1.54, 1.807) is 0 Å². The highest BCUT2D eigenvalue weighted by Crippen LogP contribution is 2.39. The van der Waals surface area contributed by atoms with Crippen molar-refractivity contribution < 1.29 is 24.4 Å². The van der Waals surface area contributed by atoms with Gasteiger partial charge in [-0.1, -0.05) is 48.7 Å². The van der Waals surface area contributed by atoms with Gasteiger partial charge in [-0.25, -0.2) is 0 Å². The molecule has 1 heterocycles. The molecular weight excluding hydrogens is 452 g/mol. The number of halogens is 1. The van der Waals surface area contributed by atoms with Crippen molar-refractivity contribution in [2.75, 3.05) is 26.4 Å². The molecule has 0 radical (unpaired) electrons. The van der Waals surface area contributed by atoms with E-state index in [0.717, 1.165) is 35.7 Å². The Morgan fingerprint density at radius 2 is 1.82 bits per heavy atom. The molecule has 0 aromatic heterocycles. The van der Waals surface area contributed by atoms with E-state index in [4.69, 9.17) is 25.8 Å². The average Bonchev–Trinajstić information content (AvgIpc) is 3.32. The SMILES string of the molecule is CCOCC1(COc2ccc(Cc3cc([C@H]4C[C@@H](O)C[C@@H](CO)O4)ccc3Cl)cc2)CCCC1. The summed E-state index contributed by atoms with van der Waals surface area (Å²) in [6.07, 6.45) is 5.47. The first kappa shape index (κ1) is 25.5. The largest absolute Gasteiger partial charge is 0.493 e. The third-order valence-electron chi connectivity index (χ3n) is 7.16. The lowest BCUT2D eigenvalue weighted by molar-refractivity contribution is -0.113. The lowest BCUT2D eigenvalue weighted by Crippen LogP contribution is -2.33. The molecule has 0 amide bonds. The fourth-order valence-corrected chi connectivity index (χ4v) is 5.37. The van der Waals surface area contributed by atoms with Crippen LogP contribution >= 0.6 is 11.6 Å². The van der Waals surface area contributed by atoms with Crippen LogP contribution in [0.15, 0.2) is 42.5 Å². The van der Waals surface area contributed by atoms with Crippen LogP contribution in [0.1, 0.15) is 68.2 Å². The predicted octanol–water partition coefficient (Wildman–Crippen LogP) is 5.48. The summed E-state index contributed by atoms with van der Waals surface area (Å²) in [6.45, 7) is 4.17. The molecule has 2 aromatic carbocycles. The van der Waals surface area contributed by atoms with Crippen molar-refractivity contribution in [1.82, 2.24) is 0 Å². The van der Waals surface area contributed by atoms with E-state index >= 15 is 0 Å². The number of ether oxygens (including phenoxy) is 3. The Labute approximate surface area is 208 Å². The monoisotopic (exact) mass is 488 g/mol. The van der Waals surface area contributed by atoms with Crippen molar-refractivity contribution in [2.24, 2.45) is 5.41 Å². The summed E-state index contributed by atoms with van der Waals surface area (Å²) in [5, 5.41) is 20.3. The normalized spacial score (nSPS) is 24.3. The summed E-state index contributed by atoms with van der Waals surface area (Å²) in [5.74, 6) is 0.881. The van der Waals surface area contributed by atoms with Gasteiger partial charge < -0.3 is 24.4 Å². The summed E-state index contributed by atoms with van der Waals surface area (Å²) in [4.78, 5) is 0. The highest BCUT2D eigenvalue weighted by molar-refractivity contribution is 6.31. The number of hydrogen-bond acceptors (Lipinski definition) is 5. The highest BCUT2D eigenvalue weighted by atomic mass is 35.5. The Balaban J connectivity index is 1.39. The molecule has 1 aliphatic heterocycles. The molecule has 186 valence electrons. The van der Waals surface area contributed by atoms with Crippen LogP contribution in [-0.4, -0.2) is 48.8 Å². The van der Waals surface area contributed by atoms with Crippen LogP contribution < -0.4 is 4.74 Å². The van der Waals surface area contributed by atoms with Crippen LogP contribution in [0, 0.1) is 5.41 Å². The number of rotatable bonds is 10. The molecule has 5 nitrogen and oxygen atoms in total. The van der Waals surface area contributed by atoms with Gasteiger partial charge in [0.15, 0.2) is 0 Å². The van der Waals surface area contributed by atoms with Crippen LogP contribution in [0.4, 0.5) is 0 Å². The van der Waals surface area contributed by atoms with Gasteiger partial charge >= 0.3 is 0 Å². The summed E-state index contributed by atoms with van der Waals surface area (Å²) in [7, 11) is 0. The molecule has 6 heteroatoms. The lowest BCUT2D eigenvalue weighted by atomic mass is 9.88. The molecule has 2 aliphatic rings. The van der Waals surface area contributed by atoms with E-state index in [1.807, 2.05) is 31.2 Å². The van der Waals surface area contributed by atoms with Crippen LogP contribution in [-0.2, 0) is 15.9 Å². The molecule has 1 saturated heterocycles. The van der Waals surface area contributed by atoms with Gasteiger partial charge in [-0.3, -0.25) is 0 Å². The van der Waals surface area contributed by atoms with Gasteiger partial charge in [-0.15, -0.1) is 0 Å². The Kier molecular flexibility index (Phi) is 8.89. The molecule has 2 N–H and O–H groups in total. The average molecular weight is 489 g/mol. The van der Waals surface area contributed by atoms with E-state index in [1.165, 1.54) is 25.7 Å². The van der Waals surface area contributed by atoms with Crippen LogP contribution in [0.2, 0.25) is 5.02 Å². The summed E-state index contributed by atoms with van der Waals surface area (Å²) >= 11 is 6.51. The standard InChI is InChI=1S/C28H37ClO5/c1-2-32-18-28(11-3-4-12-28)19-33-24-8-5-20(6-9-24)13-22-14-21(7-10-26(22)29)27-16-23(31)15-25(17-30)34-27/h5-10,14,23,25,27,30-31H,2-4,11-13,15-19H2,1H3/t23-,25-,27+/m0/s1. The number of hydrogen-bond donors (Lipinski definition) is 2. The molecule has 4 rings (SSSR count). The Morgan fingerprint density at radius 1 is 1.06 bits per heavy atom. The van der Waals surface area contributed by atoms with Crippen molar-refractivity contribution in [3.05, 3.63) is 64.2 Å². The van der Waals surface area contributed by atoms with Crippen LogP contribution in [0.3, 0.4) is 0 Å². The predicted molar refractivity (Wildman–Crippen MR) is 134 cm³/mol. The molecule has 34 heavy (non-hydrogen) atoms.